The number of carbonyl (C=O) groups is 1. The van der Waals surface area contributed by atoms with Crippen molar-refractivity contribution in [2.45, 2.75) is 19.5 Å². The minimum Gasteiger partial charge on any atom is -0.494 e. The lowest BCUT2D eigenvalue weighted by molar-refractivity contribution is -0.907. The summed E-state index contributed by atoms with van der Waals surface area (Å²) in [6.45, 7) is 2.29. The zero-order chi connectivity index (χ0) is 18.6. The smallest absolute Gasteiger partial charge is 0.282 e. The molecule has 2 aromatic rings. The van der Waals surface area contributed by atoms with Crippen molar-refractivity contribution in [2.75, 3.05) is 19.5 Å². The Morgan fingerprint density at radius 2 is 2.00 bits per heavy atom. The number of likely N-dealkylation sites (N-methyl/N-ethyl adjacent to an activating group) is 1. The summed E-state index contributed by atoms with van der Waals surface area (Å²) in [6, 6.07) is 9.30. The maximum Gasteiger partial charge on any atom is 0.282 e. The molecule has 0 aliphatic heterocycles. The molecule has 0 aliphatic carbocycles. The Morgan fingerprint density at radius 1 is 1.28 bits per heavy atom. The first-order valence-electron chi connectivity index (χ1n) is 7.72. The zero-order valence-electron chi connectivity index (χ0n) is 14.2. The molecule has 0 saturated carbocycles. The lowest BCUT2D eigenvalue weighted by atomic mass is 10.1. The zero-order valence-corrected chi connectivity index (χ0v) is 15.7. The number of ether oxygens (including phenoxy) is 1. The van der Waals surface area contributed by atoms with Crippen LogP contribution < -0.4 is 15.0 Å². The van der Waals surface area contributed by atoms with Gasteiger partial charge in [-0.05, 0) is 43.3 Å². The fourth-order valence-corrected chi connectivity index (χ4v) is 2.81. The van der Waals surface area contributed by atoms with E-state index < -0.39 is 5.82 Å². The Balaban J connectivity index is 2.02. The van der Waals surface area contributed by atoms with E-state index in [2.05, 4.69) is 5.32 Å². The second kappa shape index (κ2) is 8.52. The molecule has 0 bridgehead atoms. The summed E-state index contributed by atoms with van der Waals surface area (Å²) in [5, 5.41) is 3.67. The number of carbonyl (C=O) groups excluding carboxylic acids is 1. The third-order valence-electron chi connectivity index (χ3n) is 4.02. The van der Waals surface area contributed by atoms with Crippen molar-refractivity contribution >= 4 is 34.8 Å². The van der Waals surface area contributed by atoms with Gasteiger partial charge in [0.2, 0.25) is 0 Å². The van der Waals surface area contributed by atoms with Gasteiger partial charge < -0.3 is 15.0 Å². The van der Waals surface area contributed by atoms with Crippen LogP contribution in [-0.4, -0.2) is 26.1 Å². The first kappa shape index (κ1) is 19.5. The summed E-state index contributed by atoms with van der Waals surface area (Å²) >= 11 is 11.9. The maximum atomic E-state index is 13.8. The van der Waals surface area contributed by atoms with Crippen molar-refractivity contribution in [3.05, 3.63) is 57.8 Å². The predicted molar refractivity (Wildman–Crippen MR) is 98.1 cm³/mol. The quantitative estimate of drug-likeness (QED) is 0.801. The molecule has 0 radical (unpaired) electrons. The number of benzene rings is 2. The lowest BCUT2D eigenvalue weighted by Crippen LogP contribution is -3.12. The van der Waals surface area contributed by atoms with Gasteiger partial charge in [-0.2, -0.15) is 0 Å². The van der Waals surface area contributed by atoms with Gasteiger partial charge in [0.1, 0.15) is 6.54 Å². The van der Waals surface area contributed by atoms with Gasteiger partial charge in [-0.3, -0.25) is 4.79 Å². The molecule has 1 unspecified atom stereocenters. The van der Waals surface area contributed by atoms with Gasteiger partial charge in [-0.25, -0.2) is 4.39 Å². The number of amides is 1. The van der Waals surface area contributed by atoms with Gasteiger partial charge in [0, 0.05) is 10.6 Å². The van der Waals surface area contributed by atoms with Gasteiger partial charge in [0.15, 0.2) is 17.6 Å². The van der Waals surface area contributed by atoms with Crippen molar-refractivity contribution in [1.29, 1.82) is 0 Å². The Kier molecular flexibility index (Phi) is 6.64. The summed E-state index contributed by atoms with van der Waals surface area (Å²) in [7, 11) is 3.29. The van der Waals surface area contributed by atoms with E-state index in [1.165, 1.54) is 13.2 Å². The highest BCUT2D eigenvalue weighted by Gasteiger charge is 2.23. The van der Waals surface area contributed by atoms with E-state index in [-0.39, 0.29) is 17.7 Å². The molecule has 0 heterocycles. The molecule has 4 nitrogen and oxygen atoms in total. The Labute approximate surface area is 156 Å². The molecule has 25 heavy (non-hydrogen) atoms. The summed E-state index contributed by atoms with van der Waals surface area (Å²) in [6.07, 6.45) is 0. The van der Waals surface area contributed by atoms with Gasteiger partial charge in [0.25, 0.3) is 5.91 Å². The first-order valence-corrected chi connectivity index (χ1v) is 8.48. The van der Waals surface area contributed by atoms with E-state index in [0.717, 1.165) is 10.5 Å². The lowest BCUT2D eigenvalue weighted by Gasteiger charge is -2.21. The van der Waals surface area contributed by atoms with Crippen LogP contribution in [0, 0.1) is 5.82 Å². The fourth-order valence-electron chi connectivity index (χ4n) is 2.35. The van der Waals surface area contributed by atoms with Crippen LogP contribution in [0.1, 0.15) is 12.5 Å². The van der Waals surface area contributed by atoms with E-state index in [1.54, 1.807) is 37.3 Å². The molecule has 134 valence electrons. The first-order chi connectivity index (χ1) is 11.8. The number of hydrogen-bond acceptors (Lipinski definition) is 2. The van der Waals surface area contributed by atoms with Crippen LogP contribution in [0.15, 0.2) is 36.4 Å². The topological polar surface area (TPSA) is 42.8 Å². The highest BCUT2D eigenvalue weighted by atomic mass is 35.5. The molecule has 0 fully saturated rings. The summed E-state index contributed by atoms with van der Waals surface area (Å²) in [4.78, 5) is 13.3. The normalized spacial score (nSPS) is 13.2. The Morgan fingerprint density at radius 3 is 2.60 bits per heavy atom. The van der Waals surface area contributed by atoms with Gasteiger partial charge in [0.05, 0.1) is 24.9 Å². The van der Waals surface area contributed by atoms with Crippen LogP contribution in [0.2, 0.25) is 10.0 Å². The molecule has 1 amide bonds. The predicted octanol–water partition coefficient (Wildman–Crippen LogP) is 3.18. The van der Waals surface area contributed by atoms with E-state index >= 15 is 0 Å². The van der Waals surface area contributed by atoms with Crippen LogP contribution >= 0.6 is 23.2 Å². The third kappa shape index (κ3) is 5.08. The molecule has 2 aromatic carbocycles. The molecule has 0 spiro atoms. The van der Waals surface area contributed by atoms with Gasteiger partial charge in [-0.15, -0.1) is 0 Å². The van der Waals surface area contributed by atoms with E-state index in [1.807, 2.05) is 7.05 Å². The highest BCUT2D eigenvalue weighted by Crippen LogP contribution is 2.25. The molecule has 2 N–H and O–H groups in total. The molecule has 0 saturated heterocycles. The molecule has 7 heteroatoms. The monoisotopic (exact) mass is 385 g/mol. The molecular weight excluding hydrogens is 366 g/mol. The number of anilines is 1. The SMILES string of the molecule is COc1ccc(C[NH+](C)[C@H](C)C(=O)Nc2ccc(Cl)cc2Cl)cc1F. The van der Waals surface area contributed by atoms with Crippen LogP contribution in [0.4, 0.5) is 10.1 Å². The number of halogens is 3. The summed E-state index contributed by atoms with van der Waals surface area (Å²) < 4.78 is 18.7. The minimum absolute atomic E-state index is 0.185. The number of hydrogen-bond donors (Lipinski definition) is 2. The Hall–Kier alpha value is -1.82. The van der Waals surface area contributed by atoms with Crippen LogP contribution in [0.3, 0.4) is 0 Å². The van der Waals surface area contributed by atoms with Crippen molar-refractivity contribution < 1.29 is 18.8 Å². The van der Waals surface area contributed by atoms with Crippen molar-refractivity contribution in [3.63, 3.8) is 0 Å². The van der Waals surface area contributed by atoms with Crippen molar-refractivity contribution in [1.82, 2.24) is 0 Å². The van der Waals surface area contributed by atoms with E-state index in [0.29, 0.717) is 22.3 Å². The number of nitrogens with one attached hydrogen (secondary N) is 2. The maximum absolute atomic E-state index is 13.8. The van der Waals surface area contributed by atoms with Crippen molar-refractivity contribution in [3.8, 4) is 5.75 Å². The molecule has 2 atom stereocenters. The molecule has 0 aromatic heterocycles. The fraction of sp³-hybridized carbons (Fsp3) is 0.278. The van der Waals surface area contributed by atoms with E-state index in [4.69, 9.17) is 27.9 Å². The second-order valence-electron chi connectivity index (χ2n) is 5.83. The van der Waals surface area contributed by atoms with Gasteiger partial charge in [-0.1, -0.05) is 23.2 Å². The second-order valence-corrected chi connectivity index (χ2v) is 6.67. The third-order valence-corrected chi connectivity index (χ3v) is 4.57. The largest absolute Gasteiger partial charge is 0.494 e. The molecule has 0 aliphatic rings. The number of rotatable bonds is 6. The average molecular weight is 386 g/mol. The summed E-state index contributed by atoms with van der Waals surface area (Å²) in [5.41, 5.74) is 1.28. The number of methoxy groups -OCH3 is 1. The standard InChI is InChI=1S/C18H19Cl2FN2O2/c1-11(18(24)22-16-6-5-13(19)9-14(16)20)23(2)10-12-4-7-17(25-3)15(21)8-12/h4-9,11H,10H2,1-3H3,(H,22,24)/p+1/t11-/m1/s1. The van der Waals surface area contributed by atoms with Crippen molar-refractivity contribution in [2.24, 2.45) is 0 Å². The number of quaternary nitrogens is 1. The van der Waals surface area contributed by atoms with Crippen LogP contribution in [0.5, 0.6) is 5.75 Å². The Bertz CT molecular complexity index is 771. The van der Waals surface area contributed by atoms with Crippen LogP contribution in [-0.2, 0) is 11.3 Å². The average Bonchev–Trinajstić information content (AvgIpc) is 2.56. The minimum atomic E-state index is -0.419. The molecule has 2 rings (SSSR count). The van der Waals surface area contributed by atoms with E-state index in [9.17, 15) is 9.18 Å². The van der Waals surface area contributed by atoms with Crippen LogP contribution in [0.25, 0.3) is 0 Å². The van der Waals surface area contributed by atoms with Gasteiger partial charge >= 0.3 is 0 Å². The summed E-state index contributed by atoms with van der Waals surface area (Å²) in [5.74, 6) is -0.405. The molecular formula is C18H20Cl2FN2O2+. The highest BCUT2D eigenvalue weighted by molar-refractivity contribution is 6.36.